The number of tetrazole rings is 1. The molecule has 13 nitrogen and oxygen atoms in total. The predicted octanol–water partition coefficient (Wildman–Crippen LogP) is 3.95. The third-order valence-corrected chi connectivity index (χ3v) is 9.12. The van der Waals surface area contributed by atoms with Gasteiger partial charge in [-0.3, -0.25) is 4.90 Å². The summed E-state index contributed by atoms with van der Waals surface area (Å²) in [4.78, 5) is 26.8. The number of aromatic nitrogens is 6. The molecule has 4 atom stereocenters. The van der Waals surface area contributed by atoms with E-state index in [-0.39, 0.29) is 53.5 Å². The van der Waals surface area contributed by atoms with Gasteiger partial charge in [-0.15, -0.1) is 0 Å². The van der Waals surface area contributed by atoms with Crippen LogP contribution in [0.3, 0.4) is 0 Å². The molecule has 15 heteroatoms. The lowest BCUT2D eigenvalue weighted by molar-refractivity contribution is 0.0404. The zero-order chi connectivity index (χ0) is 32.5. The number of aryl methyl sites for hydroxylation is 1. The Labute approximate surface area is 267 Å². The van der Waals surface area contributed by atoms with E-state index in [2.05, 4.69) is 44.4 Å². The average Bonchev–Trinajstić information content (AvgIpc) is 3.63. The van der Waals surface area contributed by atoms with Crippen molar-refractivity contribution in [1.82, 2.24) is 34.7 Å². The fourth-order valence-electron chi connectivity index (χ4n) is 6.37. The van der Waals surface area contributed by atoms with Crippen molar-refractivity contribution in [3.05, 3.63) is 39.7 Å². The second kappa shape index (κ2) is 13.6. The SMILES string of the molecule is CO[C@@H](C)COc1cc(F)c(Nc2ncc(Cl)c(N(C[C@H](C)OC)[C@@H]3C[C@@H]4CCCN4C(C)(C)C3)n2)cc1-n1nnn(C)c1=O. The first kappa shape index (κ1) is 33.0. The Kier molecular flexibility index (Phi) is 9.97. The quantitative estimate of drug-likeness (QED) is 0.307. The standard InChI is InChI=1S/C30H43ClFN9O4/c1-18(43-6)16-39(21-11-20-9-8-10-40(20)30(3,4)14-21)27-22(31)15-33-28(35-27)34-24-13-25(41-29(42)38(5)36-37-41)26(12-23(24)32)45-17-19(2)44-7/h12-13,15,18-21H,8-11,14,16-17H2,1-7H3,(H,33,34,35)/t18-,19-,20-,21+/m0/s1. The van der Waals surface area contributed by atoms with Crippen molar-refractivity contribution in [2.75, 3.05) is 44.1 Å². The highest BCUT2D eigenvalue weighted by molar-refractivity contribution is 6.32. The number of nitrogens with one attached hydrogen (secondary N) is 1. The molecule has 2 fully saturated rings. The molecule has 2 aliphatic rings. The molecule has 5 rings (SSSR count). The van der Waals surface area contributed by atoms with Crippen molar-refractivity contribution in [2.24, 2.45) is 7.05 Å². The van der Waals surface area contributed by atoms with Crippen LogP contribution in [0.2, 0.25) is 5.02 Å². The number of fused-ring (bicyclic) bond motifs is 1. The summed E-state index contributed by atoms with van der Waals surface area (Å²) in [6.07, 6.45) is 5.43. The van der Waals surface area contributed by atoms with E-state index < -0.39 is 11.5 Å². The molecule has 246 valence electrons. The molecule has 0 bridgehead atoms. The molecule has 2 saturated heterocycles. The molecule has 45 heavy (non-hydrogen) atoms. The first-order valence-corrected chi connectivity index (χ1v) is 15.6. The molecule has 0 radical (unpaired) electrons. The normalized spacial score (nSPS) is 20.9. The van der Waals surface area contributed by atoms with Crippen LogP contribution in [0.1, 0.15) is 53.4 Å². The summed E-state index contributed by atoms with van der Waals surface area (Å²) in [6.45, 7) is 10.2. The summed E-state index contributed by atoms with van der Waals surface area (Å²) in [7, 11) is 4.71. The monoisotopic (exact) mass is 647 g/mol. The Hall–Kier alpha value is -3.33. The summed E-state index contributed by atoms with van der Waals surface area (Å²) in [6, 6.07) is 3.25. The molecule has 1 N–H and O–H groups in total. The maximum atomic E-state index is 15.6. The van der Waals surface area contributed by atoms with E-state index in [1.807, 2.05) is 13.8 Å². The van der Waals surface area contributed by atoms with Gasteiger partial charge >= 0.3 is 5.69 Å². The fraction of sp³-hybridized carbons (Fsp3) is 0.633. The topological polar surface area (TPSA) is 125 Å². The van der Waals surface area contributed by atoms with E-state index in [9.17, 15) is 4.79 Å². The zero-order valence-electron chi connectivity index (χ0n) is 27.0. The lowest BCUT2D eigenvalue weighted by atomic mass is 9.83. The average molecular weight is 648 g/mol. The minimum atomic E-state index is -0.643. The minimum Gasteiger partial charge on any atom is -0.489 e. The van der Waals surface area contributed by atoms with Crippen LogP contribution < -0.4 is 20.6 Å². The zero-order valence-corrected chi connectivity index (χ0v) is 27.7. The molecule has 0 amide bonds. The van der Waals surface area contributed by atoms with Crippen LogP contribution in [0.4, 0.5) is 21.8 Å². The van der Waals surface area contributed by atoms with E-state index in [1.54, 1.807) is 14.2 Å². The summed E-state index contributed by atoms with van der Waals surface area (Å²) < 4.78 is 34.4. The predicted molar refractivity (Wildman–Crippen MR) is 169 cm³/mol. The van der Waals surface area contributed by atoms with Crippen molar-refractivity contribution in [1.29, 1.82) is 0 Å². The molecule has 0 unspecified atom stereocenters. The number of hydrogen-bond acceptors (Lipinski definition) is 11. The highest BCUT2D eigenvalue weighted by Crippen LogP contribution is 2.41. The first-order valence-electron chi connectivity index (χ1n) is 15.3. The molecule has 3 aromatic rings. The number of hydrogen-bond donors (Lipinski definition) is 1. The van der Waals surface area contributed by atoms with E-state index in [4.69, 9.17) is 30.8 Å². The number of halogens is 2. The Bertz CT molecular complexity index is 1550. The smallest absolute Gasteiger partial charge is 0.368 e. The van der Waals surface area contributed by atoms with Crippen LogP contribution in [0.25, 0.3) is 5.69 Å². The minimum absolute atomic E-state index is 0.0140. The second-order valence-electron chi connectivity index (χ2n) is 12.5. The van der Waals surface area contributed by atoms with E-state index in [0.29, 0.717) is 23.4 Å². The highest BCUT2D eigenvalue weighted by Gasteiger charge is 2.45. The van der Waals surface area contributed by atoms with E-state index in [1.165, 1.54) is 38.2 Å². The van der Waals surface area contributed by atoms with Crippen molar-refractivity contribution in [2.45, 2.75) is 83.2 Å². The molecular weight excluding hydrogens is 605 g/mol. The van der Waals surface area contributed by atoms with Crippen molar-refractivity contribution < 1.29 is 18.6 Å². The number of methoxy groups -OCH3 is 2. The van der Waals surface area contributed by atoms with Gasteiger partial charge in [-0.05, 0) is 76.4 Å². The van der Waals surface area contributed by atoms with Gasteiger partial charge in [0.25, 0.3) is 0 Å². The third-order valence-electron chi connectivity index (χ3n) is 8.85. The molecule has 0 saturated carbocycles. The third kappa shape index (κ3) is 7.08. The van der Waals surface area contributed by atoms with Gasteiger partial charge in [0.1, 0.15) is 23.1 Å². The van der Waals surface area contributed by atoms with Gasteiger partial charge in [0.15, 0.2) is 11.6 Å². The molecular formula is C30H43ClFN9O4. The number of piperidine rings is 1. The molecule has 2 aliphatic heterocycles. The van der Waals surface area contributed by atoms with Crippen molar-refractivity contribution >= 4 is 29.1 Å². The van der Waals surface area contributed by atoms with Crippen LogP contribution in [0.15, 0.2) is 23.1 Å². The number of rotatable bonds is 12. The fourth-order valence-corrected chi connectivity index (χ4v) is 6.57. The highest BCUT2D eigenvalue weighted by atomic mass is 35.5. The largest absolute Gasteiger partial charge is 0.489 e. The molecule has 2 aromatic heterocycles. The van der Waals surface area contributed by atoms with Crippen LogP contribution in [0.5, 0.6) is 5.75 Å². The first-order chi connectivity index (χ1) is 21.4. The summed E-state index contributed by atoms with van der Waals surface area (Å²) >= 11 is 6.77. The number of ether oxygens (including phenoxy) is 3. The summed E-state index contributed by atoms with van der Waals surface area (Å²) in [5.41, 5.74) is -0.306. The van der Waals surface area contributed by atoms with Gasteiger partial charge in [0, 0.05) is 51.5 Å². The van der Waals surface area contributed by atoms with E-state index >= 15 is 4.39 Å². The summed E-state index contributed by atoms with van der Waals surface area (Å²) in [5.74, 6) is 0.142. The van der Waals surface area contributed by atoms with Gasteiger partial charge in [-0.25, -0.2) is 14.2 Å². The molecule has 0 aliphatic carbocycles. The Morgan fingerprint density at radius 2 is 1.96 bits per heavy atom. The summed E-state index contributed by atoms with van der Waals surface area (Å²) in [5, 5.41) is 11.1. The van der Waals surface area contributed by atoms with Crippen LogP contribution in [-0.2, 0) is 16.5 Å². The van der Waals surface area contributed by atoms with Gasteiger partial charge in [-0.1, -0.05) is 11.6 Å². The van der Waals surface area contributed by atoms with Crippen LogP contribution in [0, 0.1) is 5.82 Å². The van der Waals surface area contributed by atoms with Gasteiger partial charge in [0.2, 0.25) is 5.95 Å². The number of benzene rings is 1. The number of anilines is 3. The maximum absolute atomic E-state index is 15.6. The Morgan fingerprint density at radius 1 is 1.20 bits per heavy atom. The Morgan fingerprint density at radius 3 is 2.64 bits per heavy atom. The lowest BCUT2D eigenvalue weighted by Crippen LogP contribution is -2.58. The maximum Gasteiger partial charge on any atom is 0.368 e. The van der Waals surface area contributed by atoms with Crippen LogP contribution >= 0.6 is 11.6 Å². The van der Waals surface area contributed by atoms with Gasteiger partial charge in [-0.2, -0.15) is 14.3 Å². The van der Waals surface area contributed by atoms with Gasteiger partial charge < -0.3 is 24.4 Å². The molecule has 0 spiro atoms. The van der Waals surface area contributed by atoms with Gasteiger partial charge in [0.05, 0.1) is 24.1 Å². The Balaban J connectivity index is 1.50. The number of nitrogens with zero attached hydrogens (tertiary/aromatic N) is 8. The van der Waals surface area contributed by atoms with Crippen molar-refractivity contribution in [3.8, 4) is 11.4 Å². The lowest BCUT2D eigenvalue weighted by Gasteiger charge is -2.51. The molecule has 4 heterocycles. The second-order valence-corrected chi connectivity index (χ2v) is 12.9. The van der Waals surface area contributed by atoms with Crippen LogP contribution in [-0.4, -0.2) is 98.4 Å². The molecule has 1 aromatic carbocycles. The van der Waals surface area contributed by atoms with E-state index in [0.717, 1.165) is 28.8 Å². The van der Waals surface area contributed by atoms with Crippen molar-refractivity contribution in [3.63, 3.8) is 0 Å².